The Morgan fingerprint density at radius 1 is 1.20 bits per heavy atom. The van der Waals surface area contributed by atoms with Gasteiger partial charge in [-0.1, -0.05) is 24.8 Å². The molecule has 0 bridgehead atoms. The lowest BCUT2D eigenvalue weighted by Crippen LogP contribution is -2.39. The molecule has 1 aliphatic rings. The Labute approximate surface area is 209 Å². The van der Waals surface area contributed by atoms with Gasteiger partial charge in [-0.2, -0.15) is 4.31 Å². The van der Waals surface area contributed by atoms with Gasteiger partial charge in [0.05, 0.1) is 15.9 Å². The standard InChI is InChI=1S/C25H31F2N3O3S2/c1-3-33-13-5-12-30-24-10-9-21(35(31,32)29-11-4-6-18(2)16-29)15-23(24)28-25(30)34-17-19-7-8-20(26)14-22(19)27/h7-10,14-15,18H,3-6,11-13,16-17H2,1-2H3. The number of ether oxygens (including phenoxy) is 1. The normalized spacial score (nSPS) is 17.3. The third-order valence-corrected chi connectivity index (χ3v) is 9.07. The molecule has 35 heavy (non-hydrogen) atoms. The van der Waals surface area contributed by atoms with Crippen molar-refractivity contribution >= 4 is 32.8 Å². The maximum Gasteiger partial charge on any atom is 0.243 e. The van der Waals surface area contributed by atoms with Gasteiger partial charge in [0, 0.05) is 44.7 Å². The second-order valence-electron chi connectivity index (χ2n) is 8.88. The van der Waals surface area contributed by atoms with E-state index in [1.54, 1.807) is 22.5 Å². The molecule has 2 heterocycles. The summed E-state index contributed by atoms with van der Waals surface area (Å²) >= 11 is 1.34. The minimum atomic E-state index is -3.61. The summed E-state index contributed by atoms with van der Waals surface area (Å²) in [5.41, 5.74) is 1.77. The fourth-order valence-corrected chi connectivity index (χ4v) is 6.98. The summed E-state index contributed by atoms with van der Waals surface area (Å²) in [4.78, 5) is 4.95. The smallest absolute Gasteiger partial charge is 0.243 e. The van der Waals surface area contributed by atoms with Crippen LogP contribution in [0.15, 0.2) is 46.5 Å². The highest BCUT2D eigenvalue weighted by molar-refractivity contribution is 7.98. The molecule has 4 rings (SSSR count). The second kappa shape index (κ2) is 11.4. The molecule has 0 aliphatic carbocycles. The number of thioether (sulfide) groups is 1. The molecule has 3 aromatic rings. The van der Waals surface area contributed by atoms with Crippen LogP contribution in [0.3, 0.4) is 0 Å². The van der Waals surface area contributed by atoms with E-state index in [2.05, 4.69) is 6.92 Å². The molecule has 1 unspecified atom stereocenters. The summed E-state index contributed by atoms with van der Waals surface area (Å²) in [6.45, 7) is 6.91. The van der Waals surface area contributed by atoms with E-state index in [-0.39, 0.29) is 10.6 Å². The van der Waals surface area contributed by atoms with Gasteiger partial charge >= 0.3 is 0 Å². The summed E-state index contributed by atoms with van der Waals surface area (Å²) in [7, 11) is -3.61. The van der Waals surface area contributed by atoms with Crippen molar-refractivity contribution in [2.75, 3.05) is 26.3 Å². The van der Waals surface area contributed by atoms with Gasteiger partial charge in [0.25, 0.3) is 0 Å². The van der Waals surface area contributed by atoms with E-state index >= 15 is 0 Å². The predicted molar refractivity (Wildman–Crippen MR) is 134 cm³/mol. The van der Waals surface area contributed by atoms with Crippen LogP contribution in [0, 0.1) is 17.6 Å². The molecule has 190 valence electrons. The highest BCUT2D eigenvalue weighted by atomic mass is 32.2. The average molecular weight is 524 g/mol. The van der Waals surface area contributed by atoms with Crippen LogP contribution >= 0.6 is 11.8 Å². The molecule has 1 saturated heterocycles. The van der Waals surface area contributed by atoms with Crippen molar-refractivity contribution in [3.63, 3.8) is 0 Å². The van der Waals surface area contributed by atoms with Crippen LogP contribution in [0.5, 0.6) is 0 Å². The summed E-state index contributed by atoms with van der Waals surface area (Å²) in [6, 6.07) is 8.62. The number of halogens is 2. The lowest BCUT2D eigenvalue weighted by Gasteiger charge is -2.30. The molecule has 0 spiro atoms. The van der Waals surface area contributed by atoms with Crippen molar-refractivity contribution in [2.24, 2.45) is 5.92 Å². The van der Waals surface area contributed by atoms with Gasteiger partial charge in [-0.3, -0.25) is 0 Å². The second-order valence-corrected chi connectivity index (χ2v) is 11.8. The molecular weight excluding hydrogens is 492 g/mol. The molecular formula is C25H31F2N3O3S2. The SMILES string of the molecule is CCOCCCn1c(SCc2ccc(F)cc2F)nc2cc(S(=O)(=O)N3CCCC(C)C3)ccc21. The number of aromatic nitrogens is 2. The Morgan fingerprint density at radius 3 is 2.77 bits per heavy atom. The van der Waals surface area contributed by atoms with Gasteiger partial charge in [-0.05, 0) is 61.9 Å². The lowest BCUT2D eigenvalue weighted by atomic mass is 10.0. The number of piperidine rings is 1. The maximum absolute atomic E-state index is 14.2. The van der Waals surface area contributed by atoms with Gasteiger partial charge in [0.1, 0.15) is 11.6 Å². The van der Waals surface area contributed by atoms with Crippen molar-refractivity contribution in [3.8, 4) is 0 Å². The number of hydrogen-bond acceptors (Lipinski definition) is 5. The summed E-state index contributed by atoms with van der Waals surface area (Å²) < 4.78 is 63.1. The maximum atomic E-state index is 14.2. The summed E-state index contributed by atoms with van der Waals surface area (Å²) in [5.74, 6) is -0.601. The van der Waals surface area contributed by atoms with Crippen molar-refractivity contribution in [2.45, 2.75) is 55.5 Å². The van der Waals surface area contributed by atoms with Crippen molar-refractivity contribution in [1.29, 1.82) is 0 Å². The third kappa shape index (κ3) is 6.04. The number of rotatable bonds is 10. The van der Waals surface area contributed by atoms with Crippen LogP contribution in [-0.4, -0.2) is 48.6 Å². The molecule has 0 amide bonds. The van der Waals surface area contributed by atoms with E-state index < -0.39 is 21.7 Å². The van der Waals surface area contributed by atoms with E-state index in [0.29, 0.717) is 55.0 Å². The number of imidazole rings is 1. The number of sulfonamides is 1. The Kier molecular flexibility index (Phi) is 8.46. The number of hydrogen-bond donors (Lipinski definition) is 0. The van der Waals surface area contributed by atoms with E-state index in [1.165, 1.54) is 23.9 Å². The molecule has 1 aliphatic heterocycles. The van der Waals surface area contributed by atoms with E-state index in [9.17, 15) is 17.2 Å². The van der Waals surface area contributed by atoms with Crippen LogP contribution in [0.2, 0.25) is 0 Å². The molecule has 1 aromatic heterocycles. The van der Waals surface area contributed by atoms with Gasteiger partial charge in [0.2, 0.25) is 10.0 Å². The highest BCUT2D eigenvalue weighted by Crippen LogP contribution is 2.31. The van der Waals surface area contributed by atoms with E-state index in [0.717, 1.165) is 30.8 Å². The Morgan fingerprint density at radius 2 is 2.03 bits per heavy atom. The first kappa shape index (κ1) is 26.1. The van der Waals surface area contributed by atoms with E-state index in [1.807, 2.05) is 11.5 Å². The van der Waals surface area contributed by atoms with Crippen molar-refractivity contribution < 1.29 is 21.9 Å². The van der Waals surface area contributed by atoms with Gasteiger partial charge in [-0.15, -0.1) is 0 Å². The van der Waals surface area contributed by atoms with Gasteiger partial charge in [-0.25, -0.2) is 22.2 Å². The van der Waals surface area contributed by atoms with Crippen molar-refractivity contribution in [1.82, 2.24) is 13.9 Å². The van der Waals surface area contributed by atoms with Gasteiger partial charge in [0.15, 0.2) is 5.16 Å². The monoisotopic (exact) mass is 523 g/mol. The molecule has 0 N–H and O–H groups in total. The fraction of sp³-hybridized carbons (Fsp3) is 0.480. The first-order valence-electron chi connectivity index (χ1n) is 11.9. The molecule has 1 atom stereocenters. The number of fused-ring (bicyclic) bond motifs is 1. The Balaban J connectivity index is 1.63. The molecule has 0 radical (unpaired) electrons. The summed E-state index contributed by atoms with van der Waals surface area (Å²) in [6.07, 6.45) is 2.65. The topological polar surface area (TPSA) is 64.4 Å². The zero-order chi connectivity index (χ0) is 25.0. The molecule has 10 heteroatoms. The number of aryl methyl sites for hydroxylation is 1. The Hall–Kier alpha value is -2.01. The minimum absolute atomic E-state index is 0.235. The first-order chi connectivity index (χ1) is 16.8. The van der Waals surface area contributed by atoms with Crippen LogP contribution in [0.1, 0.15) is 38.7 Å². The number of nitrogens with zero attached hydrogens (tertiary/aromatic N) is 3. The third-order valence-electron chi connectivity index (χ3n) is 6.19. The van der Waals surface area contributed by atoms with Crippen LogP contribution in [0.4, 0.5) is 8.78 Å². The average Bonchev–Trinajstić information content (AvgIpc) is 3.18. The predicted octanol–water partition coefficient (Wildman–Crippen LogP) is 5.45. The van der Waals surface area contributed by atoms with E-state index in [4.69, 9.17) is 9.72 Å². The van der Waals surface area contributed by atoms with Crippen LogP contribution in [0.25, 0.3) is 11.0 Å². The zero-order valence-corrected chi connectivity index (χ0v) is 21.7. The number of benzene rings is 2. The quantitative estimate of drug-likeness (QED) is 0.261. The highest BCUT2D eigenvalue weighted by Gasteiger charge is 2.29. The molecule has 1 fully saturated rings. The van der Waals surface area contributed by atoms with Crippen molar-refractivity contribution in [3.05, 3.63) is 53.6 Å². The van der Waals surface area contributed by atoms with Crippen LogP contribution < -0.4 is 0 Å². The molecule has 0 saturated carbocycles. The first-order valence-corrected chi connectivity index (χ1v) is 14.4. The zero-order valence-electron chi connectivity index (χ0n) is 20.0. The minimum Gasteiger partial charge on any atom is -0.382 e. The largest absolute Gasteiger partial charge is 0.382 e. The lowest BCUT2D eigenvalue weighted by molar-refractivity contribution is 0.141. The molecule has 6 nitrogen and oxygen atoms in total. The van der Waals surface area contributed by atoms with Crippen LogP contribution in [-0.2, 0) is 27.1 Å². The fourth-order valence-electron chi connectivity index (χ4n) is 4.34. The molecule has 2 aromatic carbocycles. The summed E-state index contributed by atoms with van der Waals surface area (Å²) in [5, 5.41) is 0.654. The Bertz CT molecular complexity index is 1280. The van der Waals surface area contributed by atoms with Gasteiger partial charge < -0.3 is 9.30 Å².